The monoisotopic (exact) mass is 318 g/mol. The maximum atomic E-state index is 12.7. The van der Waals surface area contributed by atoms with Crippen LogP contribution in [0.3, 0.4) is 0 Å². The quantitative estimate of drug-likeness (QED) is 0.619. The van der Waals surface area contributed by atoms with Crippen LogP contribution < -0.4 is 0 Å². The Kier molecular flexibility index (Phi) is 4.18. The fraction of sp³-hybridized carbons (Fsp3) is 0.357. The molecule has 0 bridgehead atoms. The van der Waals surface area contributed by atoms with Crippen LogP contribution in [-0.2, 0) is 15.8 Å². The fourth-order valence-corrected chi connectivity index (χ4v) is 2.45. The fourth-order valence-electron chi connectivity index (χ4n) is 2.24. The molecule has 0 unspecified atom stereocenters. The molecule has 0 saturated heterocycles. The molecule has 0 aromatic heterocycles. The van der Waals surface area contributed by atoms with E-state index in [0.717, 1.165) is 12.1 Å². The van der Waals surface area contributed by atoms with Crippen LogP contribution in [0.4, 0.5) is 13.2 Å². The predicted molar refractivity (Wildman–Crippen MR) is 68.1 cm³/mol. The standard InChI is InChI=1S/C14H10ClF3O3/c15-9-5-4-7(14(16,17)18)6-8(9)13(21)12-10(19)2-1-3-11(12)20/h4-6,12H,1-3H2. The van der Waals surface area contributed by atoms with Gasteiger partial charge in [0.1, 0.15) is 5.92 Å². The van der Waals surface area contributed by atoms with Crippen molar-refractivity contribution in [3.05, 3.63) is 34.3 Å². The summed E-state index contributed by atoms with van der Waals surface area (Å²) in [6, 6.07) is 2.26. The first-order valence-corrected chi connectivity index (χ1v) is 6.56. The van der Waals surface area contributed by atoms with E-state index in [1.54, 1.807) is 0 Å². The predicted octanol–water partition coefficient (Wildman–Crippen LogP) is 3.48. The van der Waals surface area contributed by atoms with Crippen molar-refractivity contribution < 1.29 is 27.6 Å². The van der Waals surface area contributed by atoms with Gasteiger partial charge in [-0.15, -0.1) is 0 Å². The first-order chi connectivity index (χ1) is 9.71. The van der Waals surface area contributed by atoms with Crippen molar-refractivity contribution in [2.75, 3.05) is 0 Å². The van der Waals surface area contributed by atoms with Gasteiger partial charge in [0.25, 0.3) is 0 Å². The van der Waals surface area contributed by atoms with E-state index in [9.17, 15) is 27.6 Å². The summed E-state index contributed by atoms with van der Waals surface area (Å²) in [5, 5.41) is -0.209. The van der Waals surface area contributed by atoms with Crippen molar-refractivity contribution in [3.63, 3.8) is 0 Å². The van der Waals surface area contributed by atoms with Crippen LogP contribution in [0.15, 0.2) is 18.2 Å². The van der Waals surface area contributed by atoms with E-state index in [2.05, 4.69) is 0 Å². The molecule has 21 heavy (non-hydrogen) atoms. The number of benzene rings is 1. The zero-order chi connectivity index (χ0) is 15.8. The van der Waals surface area contributed by atoms with Gasteiger partial charge in [0.05, 0.1) is 10.6 Å². The Labute approximate surface area is 123 Å². The summed E-state index contributed by atoms with van der Waals surface area (Å²) in [5.41, 5.74) is -1.49. The number of rotatable bonds is 2. The molecular weight excluding hydrogens is 309 g/mol. The first kappa shape index (κ1) is 15.7. The number of halogens is 4. The summed E-state index contributed by atoms with van der Waals surface area (Å²) in [5.74, 6) is -3.62. The lowest BCUT2D eigenvalue weighted by molar-refractivity contribution is -0.137. The average molecular weight is 319 g/mol. The van der Waals surface area contributed by atoms with Crippen molar-refractivity contribution in [2.45, 2.75) is 25.4 Å². The van der Waals surface area contributed by atoms with Crippen molar-refractivity contribution >= 4 is 29.0 Å². The number of hydrogen-bond acceptors (Lipinski definition) is 3. The van der Waals surface area contributed by atoms with Gasteiger partial charge in [-0.05, 0) is 24.6 Å². The number of carbonyl (C=O) groups is 3. The van der Waals surface area contributed by atoms with Gasteiger partial charge in [-0.2, -0.15) is 13.2 Å². The van der Waals surface area contributed by atoms with E-state index in [-0.39, 0.29) is 17.9 Å². The first-order valence-electron chi connectivity index (χ1n) is 6.18. The van der Waals surface area contributed by atoms with Gasteiger partial charge in [-0.1, -0.05) is 11.6 Å². The number of Topliss-reactive ketones (excluding diaryl/α,β-unsaturated/α-hetero) is 3. The third-order valence-electron chi connectivity index (χ3n) is 3.31. The minimum absolute atomic E-state index is 0.0682. The van der Waals surface area contributed by atoms with Gasteiger partial charge in [0.2, 0.25) is 0 Å². The molecule has 0 spiro atoms. The molecule has 0 amide bonds. The van der Waals surface area contributed by atoms with Crippen molar-refractivity contribution in [3.8, 4) is 0 Å². The lowest BCUT2D eigenvalue weighted by Gasteiger charge is -2.19. The zero-order valence-electron chi connectivity index (χ0n) is 10.7. The van der Waals surface area contributed by atoms with E-state index in [1.807, 2.05) is 0 Å². The molecule has 1 saturated carbocycles. The largest absolute Gasteiger partial charge is 0.416 e. The van der Waals surface area contributed by atoms with Crippen LogP contribution in [0, 0.1) is 5.92 Å². The molecule has 1 aliphatic carbocycles. The molecular formula is C14H10ClF3O3. The van der Waals surface area contributed by atoms with Gasteiger partial charge in [-0.3, -0.25) is 14.4 Å². The molecule has 0 radical (unpaired) electrons. The molecule has 3 nitrogen and oxygen atoms in total. The Bertz CT molecular complexity index is 606. The molecule has 0 atom stereocenters. The SMILES string of the molecule is O=C1CCCC(=O)C1C(=O)c1cc(C(F)(F)F)ccc1Cl. The third-order valence-corrected chi connectivity index (χ3v) is 3.64. The number of alkyl halides is 3. The summed E-state index contributed by atoms with van der Waals surface area (Å²) in [6.45, 7) is 0. The Hall–Kier alpha value is -1.69. The van der Waals surface area contributed by atoms with Crippen LogP contribution in [0.5, 0.6) is 0 Å². The topological polar surface area (TPSA) is 51.2 Å². The van der Waals surface area contributed by atoms with Gasteiger partial charge in [0.15, 0.2) is 17.3 Å². The van der Waals surface area contributed by atoms with Crippen LogP contribution in [-0.4, -0.2) is 17.3 Å². The maximum absolute atomic E-state index is 12.7. The Balaban J connectivity index is 2.43. The Morgan fingerprint density at radius 3 is 2.24 bits per heavy atom. The molecule has 0 heterocycles. The van der Waals surface area contributed by atoms with Gasteiger partial charge >= 0.3 is 6.18 Å². The highest BCUT2D eigenvalue weighted by Crippen LogP contribution is 2.33. The molecule has 0 N–H and O–H groups in total. The summed E-state index contributed by atoms with van der Waals surface area (Å²) >= 11 is 5.75. The van der Waals surface area contributed by atoms with Crippen LogP contribution >= 0.6 is 11.6 Å². The van der Waals surface area contributed by atoms with Crippen molar-refractivity contribution in [1.82, 2.24) is 0 Å². The number of hydrogen-bond donors (Lipinski definition) is 0. The van der Waals surface area contributed by atoms with Crippen LogP contribution in [0.25, 0.3) is 0 Å². The van der Waals surface area contributed by atoms with E-state index < -0.39 is 40.6 Å². The lowest BCUT2D eigenvalue weighted by atomic mass is 9.81. The van der Waals surface area contributed by atoms with E-state index >= 15 is 0 Å². The molecule has 1 aromatic rings. The second-order valence-electron chi connectivity index (χ2n) is 4.78. The average Bonchev–Trinajstić information content (AvgIpc) is 2.37. The zero-order valence-corrected chi connectivity index (χ0v) is 11.4. The maximum Gasteiger partial charge on any atom is 0.416 e. The molecule has 1 aromatic carbocycles. The number of ketones is 3. The molecule has 1 fully saturated rings. The molecule has 7 heteroatoms. The number of carbonyl (C=O) groups excluding carboxylic acids is 3. The van der Waals surface area contributed by atoms with Crippen molar-refractivity contribution in [1.29, 1.82) is 0 Å². The highest BCUT2D eigenvalue weighted by atomic mass is 35.5. The highest BCUT2D eigenvalue weighted by Gasteiger charge is 2.38. The second-order valence-corrected chi connectivity index (χ2v) is 5.18. The van der Waals surface area contributed by atoms with E-state index in [4.69, 9.17) is 11.6 Å². The molecule has 112 valence electrons. The normalized spacial score (nSPS) is 17.1. The third kappa shape index (κ3) is 3.15. The lowest BCUT2D eigenvalue weighted by Crippen LogP contribution is -2.35. The minimum Gasteiger partial charge on any atom is -0.298 e. The van der Waals surface area contributed by atoms with Crippen LogP contribution in [0.1, 0.15) is 35.2 Å². The Morgan fingerprint density at radius 2 is 1.71 bits per heavy atom. The smallest absolute Gasteiger partial charge is 0.298 e. The van der Waals surface area contributed by atoms with E-state index in [1.165, 1.54) is 0 Å². The van der Waals surface area contributed by atoms with Gasteiger partial charge < -0.3 is 0 Å². The van der Waals surface area contributed by atoms with Crippen molar-refractivity contribution in [2.24, 2.45) is 5.92 Å². The van der Waals surface area contributed by atoms with Gasteiger partial charge in [-0.25, -0.2) is 0 Å². The summed E-state index contributed by atoms with van der Waals surface area (Å²) in [4.78, 5) is 35.6. The van der Waals surface area contributed by atoms with E-state index in [0.29, 0.717) is 12.5 Å². The summed E-state index contributed by atoms with van der Waals surface area (Å²) < 4.78 is 38.0. The molecule has 0 aliphatic heterocycles. The van der Waals surface area contributed by atoms with Crippen LogP contribution in [0.2, 0.25) is 5.02 Å². The highest BCUT2D eigenvalue weighted by molar-refractivity contribution is 6.36. The summed E-state index contributed by atoms with van der Waals surface area (Å²) in [6.07, 6.45) is -4.14. The Morgan fingerprint density at radius 1 is 1.14 bits per heavy atom. The summed E-state index contributed by atoms with van der Waals surface area (Å²) in [7, 11) is 0. The minimum atomic E-state index is -4.64. The molecule has 1 aliphatic rings. The van der Waals surface area contributed by atoms with Gasteiger partial charge in [0, 0.05) is 18.4 Å². The second kappa shape index (κ2) is 5.60. The molecule has 2 rings (SSSR count).